The molecule has 2 fully saturated rings. The van der Waals surface area contributed by atoms with Gasteiger partial charge in [-0.25, -0.2) is 0 Å². The second-order valence-electron chi connectivity index (χ2n) is 5.79. The van der Waals surface area contributed by atoms with Crippen LogP contribution in [0.1, 0.15) is 31.2 Å². The molecular weight excluding hydrogens is 254 g/mol. The van der Waals surface area contributed by atoms with Crippen LogP contribution in [0.3, 0.4) is 0 Å². The zero-order valence-corrected chi connectivity index (χ0v) is 11.2. The highest BCUT2D eigenvalue weighted by Crippen LogP contribution is 2.49. The van der Waals surface area contributed by atoms with Crippen LogP contribution in [-0.2, 0) is 0 Å². The minimum atomic E-state index is -0.468. The van der Waals surface area contributed by atoms with Gasteiger partial charge in [-0.3, -0.25) is 10.1 Å². The summed E-state index contributed by atoms with van der Waals surface area (Å²) in [7, 11) is 0. The van der Waals surface area contributed by atoms with E-state index in [4.69, 9.17) is 5.26 Å². The van der Waals surface area contributed by atoms with E-state index in [0.717, 1.165) is 18.4 Å². The Morgan fingerprint density at radius 2 is 2.00 bits per heavy atom. The van der Waals surface area contributed by atoms with E-state index in [0.29, 0.717) is 11.6 Å². The molecule has 5 heteroatoms. The van der Waals surface area contributed by atoms with E-state index < -0.39 is 4.92 Å². The number of rotatable bonds is 6. The monoisotopic (exact) mass is 271 g/mol. The maximum Gasteiger partial charge on any atom is 0.309 e. The number of nitriles is 1. The van der Waals surface area contributed by atoms with Crippen molar-refractivity contribution in [2.45, 2.75) is 25.7 Å². The quantitative estimate of drug-likeness (QED) is 0.636. The number of hydrogen-bond acceptors (Lipinski definition) is 4. The Kier molecular flexibility index (Phi) is 3.31. The number of hydrogen-bond donors (Lipinski definition) is 1. The molecule has 0 amide bonds. The van der Waals surface area contributed by atoms with Gasteiger partial charge in [0.05, 0.1) is 4.92 Å². The fourth-order valence-corrected chi connectivity index (χ4v) is 2.97. The molecule has 2 aliphatic carbocycles. The molecule has 3 rings (SSSR count). The van der Waals surface area contributed by atoms with Crippen LogP contribution in [0.2, 0.25) is 0 Å². The van der Waals surface area contributed by atoms with Crippen LogP contribution >= 0.6 is 0 Å². The van der Waals surface area contributed by atoms with Gasteiger partial charge in [-0.15, -0.1) is 0 Å². The average Bonchev–Trinajstić information content (AvgIpc) is 3.31. The van der Waals surface area contributed by atoms with Gasteiger partial charge in [0.2, 0.25) is 0 Å². The van der Waals surface area contributed by atoms with Gasteiger partial charge in [0.1, 0.15) is 17.3 Å². The Balaban J connectivity index is 1.76. The fourth-order valence-electron chi connectivity index (χ4n) is 2.97. The Morgan fingerprint density at radius 1 is 1.35 bits per heavy atom. The third-order valence-electron chi connectivity index (χ3n) is 4.32. The van der Waals surface area contributed by atoms with E-state index in [1.54, 1.807) is 12.1 Å². The zero-order chi connectivity index (χ0) is 14.1. The van der Waals surface area contributed by atoms with Gasteiger partial charge in [-0.2, -0.15) is 5.26 Å². The lowest BCUT2D eigenvalue weighted by molar-refractivity contribution is -0.384. The van der Waals surface area contributed by atoms with Gasteiger partial charge in [0.25, 0.3) is 0 Å². The number of nitrogens with one attached hydrogen (secondary N) is 1. The van der Waals surface area contributed by atoms with Gasteiger partial charge in [-0.1, -0.05) is 6.07 Å². The van der Waals surface area contributed by atoms with Crippen molar-refractivity contribution in [1.82, 2.24) is 0 Å². The Morgan fingerprint density at radius 3 is 2.50 bits per heavy atom. The van der Waals surface area contributed by atoms with Crippen molar-refractivity contribution >= 4 is 11.4 Å². The molecule has 0 atom stereocenters. The van der Waals surface area contributed by atoms with Gasteiger partial charge >= 0.3 is 5.69 Å². The molecule has 104 valence electrons. The van der Waals surface area contributed by atoms with Crippen molar-refractivity contribution in [2.75, 3.05) is 11.9 Å². The zero-order valence-electron chi connectivity index (χ0n) is 11.2. The van der Waals surface area contributed by atoms with Crippen LogP contribution in [0.5, 0.6) is 0 Å². The third-order valence-corrected chi connectivity index (χ3v) is 4.32. The highest BCUT2D eigenvalue weighted by Gasteiger charge is 2.41. The summed E-state index contributed by atoms with van der Waals surface area (Å²) in [6.07, 6.45) is 5.18. The lowest BCUT2D eigenvalue weighted by Gasteiger charge is -2.17. The number of para-hydroxylation sites is 1. The van der Waals surface area contributed by atoms with Crippen LogP contribution in [0, 0.1) is 39.2 Å². The molecule has 0 spiro atoms. The Bertz CT molecular complexity index is 559. The minimum Gasteiger partial charge on any atom is -0.379 e. The summed E-state index contributed by atoms with van der Waals surface area (Å²) in [5.41, 5.74) is 0.495. The molecule has 0 unspecified atom stereocenters. The third kappa shape index (κ3) is 2.60. The topological polar surface area (TPSA) is 79.0 Å². The van der Waals surface area contributed by atoms with E-state index in [2.05, 4.69) is 5.32 Å². The van der Waals surface area contributed by atoms with Crippen molar-refractivity contribution < 1.29 is 4.92 Å². The fraction of sp³-hybridized carbons (Fsp3) is 0.533. The molecule has 5 nitrogen and oxygen atoms in total. The average molecular weight is 271 g/mol. The molecule has 0 radical (unpaired) electrons. The summed E-state index contributed by atoms with van der Waals surface area (Å²) in [5.74, 6) is 2.24. The molecule has 0 heterocycles. The number of nitro benzene ring substituents is 1. The summed E-state index contributed by atoms with van der Waals surface area (Å²) < 4.78 is 0. The molecule has 1 aromatic rings. The number of nitro groups is 1. The van der Waals surface area contributed by atoms with E-state index in [9.17, 15) is 10.1 Å². The molecule has 1 aromatic carbocycles. The second-order valence-corrected chi connectivity index (χ2v) is 5.79. The standard InChI is InChI=1S/C15H17N3O2/c16-8-12-2-1-3-14(15(12)18(19)20)17-9-13(10-4-5-10)11-6-7-11/h1-3,10-11,13,17H,4-7,9H2. The van der Waals surface area contributed by atoms with E-state index in [1.165, 1.54) is 31.7 Å². The highest BCUT2D eigenvalue weighted by atomic mass is 16.6. The lowest BCUT2D eigenvalue weighted by Crippen LogP contribution is -2.19. The summed E-state index contributed by atoms with van der Waals surface area (Å²) >= 11 is 0. The second kappa shape index (κ2) is 5.12. The summed E-state index contributed by atoms with van der Waals surface area (Å²) in [5, 5.41) is 23.4. The van der Waals surface area contributed by atoms with Crippen LogP contribution < -0.4 is 5.32 Å². The predicted octanol–water partition coefficient (Wildman–Crippen LogP) is 3.31. The molecule has 0 aromatic heterocycles. The maximum absolute atomic E-state index is 11.2. The molecule has 2 saturated carbocycles. The molecule has 0 bridgehead atoms. The van der Waals surface area contributed by atoms with Crippen LogP contribution in [-0.4, -0.2) is 11.5 Å². The van der Waals surface area contributed by atoms with Gasteiger partial charge in [0, 0.05) is 6.54 Å². The SMILES string of the molecule is N#Cc1cccc(NCC(C2CC2)C2CC2)c1[N+](=O)[O-]. The van der Waals surface area contributed by atoms with E-state index in [1.807, 2.05) is 6.07 Å². The largest absolute Gasteiger partial charge is 0.379 e. The van der Waals surface area contributed by atoms with Crippen molar-refractivity contribution in [1.29, 1.82) is 5.26 Å². The smallest absolute Gasteiger partial charge is 0.309 e. The molecule has 0 saturated heterocycles. The minimum absolute atomic E-state index is 0.0969. The number of anilines is 1. The summed E-state index contributed by atoms with van der Waals surface area (Å²) in [6.45, 7) is 0.783. The van der Waals surface area contributed by atoms with Gasteiger partial charge in [-0.05, 0) is 55.6 Å². The first kappa shape index (κ1) is 12.9. The Labute approximate surface area is 117 Å². The molecule has 2 aliphatic rings. The van der Waals surface area contributed by atoms with Crippen LogP contribution in [0.25, 0.3) is 0 Å². The van der Waals surface area contributed by atoms with E-state index >= 15 is 0 Å². The van der Waals surface area contributed by atoms with Crippen molar-refractivity contribution in [3.8, 4) is 6.07 Å². The maximum atomic E-state index is 11.2. The first-order valence-electron chi connectivity index (χ1n) is 7.12. The first-order chi connectivity index (χ1) is 9.70. The van der Waals surface area contributed by atoms with Crippen molar-refractivity contribution in [2.24, 2.45) is 17.8 Å². The normalized spacial score (nSPS) is 17.8. The predicted molar refractivity (Wildman–Crippen MR) is 75.2 cm³/mol. The van der Waals surface area contributed by atoms with Crippen LogP contribution in [0.15, 0.2) is 18.2 Å². The van der Waals surface area contributed by atoms with E-state index in [-0.39, 0.29) is 11.3 Å². The van der Waals surface area contributed by atoms with Crippen molar-refractivity contribution in [3.63, 3.8) is 0 Å². The summed E-state index contributed by atoms with van der Waals surface area (Å²) in [6, 6.07) is 6.76. The first-order valence-corrected chi connectivity index (χ1v) is 7.12. The van der Waals surface area contributed by atoms with Gasteiger partial charge in [0.15, 0.2) is 0 Å². The number of nitrogens with zero attached hydrogens (tertiary/aromatic N) is 2. The molecule has 0 aliphatic heterocycles. The lowest BCUT2D eigenvalue weighted by atomic mass is 9.97. The molecule has 20 heavy (non-hydrogen) atoms. The highest BCUT2D eigenvalue weighted by molar-refractivity contribution is 5.68. The molecular formula is C15H17N3O2. The van der Waals surface area contributed by atoms with Gasteiger partial charge < -0.3 is 5.32 Å². The molecule has 1 N–H and O–H groups in total. The Hall–Kier alpha value is -2.09. The van der Waals surface area contributed by atoms with Crippen molar-refractivity contribution in [3.05, 3.63) is 33.9 Å². The van der Waals surface area contributed by atoms with Crippen LogP contribution in [0.4, 0.5) is 11.4 Å². The summed E-state index contributed by atoms with van der Waals surface area (Å²) in [4.78, 5) is 10.7. The number of benzene rings is 1.